The van der Waals surface area contributed by atoms with Gasteiger partial charge in [-0.05, 0) is 83.5 Å². The summed E-state index contributed by atoms with van der Waals surface area (Å²) in [6.45, 7) is 6.46. The van der Waals surface area contributed by atoms with E-state index < -0.39 is 6.10 Å². The number of allylic oxidation sites excluding steroid dienone is 14. The Hall–Kier alpha value is -3.41. The van der Waals surface area contributed by atoms with E-state index in [0.29, 0.717) is 19.3 Å². The number of carbonyl (C=O) groups excluding carboxylic acids is 3. The predicted molar refractivity (Wildman–Crippen MR) is 321 cm³/mol. The van der Waals surface area contributed by atoms with Crippen LogP contribution in [0.3, 0.4) is 0 Å². The third-order valence-electron chi connectivity index (χ3n) is 13.6. The van der Waals surface area contributed by atoms with Crippen LogP contribution in [0.5, 0.6) is 0 Å². The van der Waals surface area contributed by atoms with Crippen LogP contribution >= 0.6 is 0 Å². The van der Waals surface area contributed by atoms with Gasteiger partial charge in [-0.1, -0.05) is 292 Å². The third kappa shape index (κ3) is 59.5. The summed E-state index contributed by atoms with van der Waals surface area (Å²) in [4.78, 5) is 38.0. The molecule has 426 valence electrons. The van der Waals surface area contributed by atoms with Crippen molar-refractivity contribution in [3.05, 3.63) is 85.1 Å². The minimum atomic E-state index is -0.811. The molecule has 6 nitrogen and oxygen atoms in total. The number of rotatable bonds is 57. The lowest BCUT2D eigenvalue weighted by Crippen LogP contribution is -2.30. The first kappa shape index (κ1) is 70.6. The van der Waals surface area contributed by atoms with Gasteiger partial charge in [-0.2, -0.15) is 0 Å². The molecule has 0 bridgehead atoms. The summed E-state index contributed by atoms with van der Waals surface area (Å²) in [5.41, 5.74) is 0. The van der Waals surface area contributed by atoms with E-state index in [0.717, 1.165) is 77.0 Å². The first-order chi connectivity index (χ1) is 36.5. The smallest absolute Gasteiger partial charge is 0.306 e. The highest BCUT2D eigenvalue weighted by Crippen LogP contribution is 2.17. The van der Waals surface area contributed by atoms with Gasteiger partial charge in [0.2, 0.25) is 0 Å². The third-order valence-corrected chi connectivity index (χ3v) is 13.6. The van der Waals surface area contributed by atoms with Crippen LogP contribution in [0.2, 0.25) is 0 Å². The van der Waals surface area contributed by atoms with Gasteiger partial charge in [0.25, 0.3) is 0 Å². The molecule has 0 fully saturated rings. The van der Waals surface area contributed by atoms with Gasteiger partial charge in [0.1, 0.15) is 13.2 Å². The van der Waals surface area contributed by atoms with Crippen molar-refractivity contribution in [1.82, 2.24) is 0 Å². The second kappa shape index (κ2) is 62.1. The molecule has 1 atom stereocenters. The second-order valence-electron chi connectivity index (χ2n) is 20.9. The van der Waals surface area contributed by atoms with Gasteiger partial charge >= 0.3 is 17.9 Å². The van der Waals surface area contributed by atoms with Crippen molar-refractivity contribution in [2.45, 2.75) is 316 Å². The Morgan fingerprint density at radius 1 is 0.284 bits per heavy atom. The van der Waals surface area contributed by atoms with Crippen LogP contribution in [0, 0.1) is 0 Å². The van der Waals surface area contributed by atoms with Crippen LogP contribution in [-0.4, -0.2) is 37.2 Å². The SMILES string of the molecule is CC/C=C\C/C=C\C/C=C\C/C=C\CCC(=O)OC(COC(=O)CCCCCCCCCCCC)COC(=O)CCCCCCCCCCCCCCCCCCCC/C=C\C/C=C\C/C=C\CCCCCCC. The van der Waals surface area contributed by atoms with Gasteiger partial charge in [0, 0.05) is 19.3 Å². The number of hydrogen-bond acceptors (Lipinski definition) is 6. The highest BCUT2D eigenvalue weighted by Gasteiger charge is 2.19. The molecule has 0 aromatic rings. The van der Waals surface area contributed by atoms with Gasteiger partial charge in [-0.3, -0.25) is 14.4 Å². The summed E-state index contributed by atoms with van der Waals surface area (Å²) in [6, 6.07) is 0. The summed E-state index contributed by atoms with van der Waals surface area (Å²) in [7, 11) is 0. The molecule has 0 spiro atoms. The molecule has 0 aliphatic rings. The van der Waals surface area contributed by atoms with Crippen molar-refractivity contribution < 1.29 is 28.6 Å². The van der Waals surface area contributed by atoms with Gasteiger partial charge in [-0.15, -0.1) is 0 Å². The molecular weight excluding hydrogens is 913 g/mol. The van der Waals surface area contributed by atoms with E-state index in [-0.39, 0.29) is 37.5 Å². The fourth-order valence-corrected chi connectivity index (χ4v) is 8.94. The van der Waals surface area contributed by atoms with E-state index in [1.54, 1.807) is 0 Å². The predicted octanol–water partition coefficient (Wildman–Crippen LogP) is 21.5. The molecule has 0 radical (unpaired) electrons. The summed E-state index contributed by atoms with van der Waals surface area (Å²) in [5, 5.41) is 0. The molecule has 0 aliphatic carbocycles. The van der Waals surface area contributed by atoms with Gasteiger partial charge in [0.05, 0.1) is 0 Å². The van der Waals surface area contributed by atoms with Crippen LogP contribution in [0.25, 0.3) is 0 Å². The molecule has 0 aromatic heterocycles. The fraction of sp³-hybridized carbons (Fsp3) is 0.750. The van der Waals surface area contributed by atoms with Crippen LogP contribution < -0.4 is 0 Å². The quantitative estimate of drug-likeness (QED) is 0.0261. The summed E-state index contributed by atoms with van der Waals surface area (Å²) >= 11 is 0. The van der Waals surface area contributed by atoms with Crippen LogP contribution in [0.15, 0.2) is 85.1 Å². The van der Waals surface area contributed by atoms with E-state index in [1.807, 2.05) is 6.08 Å². The Labute approximate surface area is 458 Å². The minimum Gasteiger partial charge on any atom is -0.462 e. The lowest BCUT2D eigenvalue weighted by Gasteiger charge is -2.18. The van der Waals surface area contributed by atoms with E-state index >= 15 is 0 Å². The Kier molecular flexibility index (Phi) is 59.3. The Morgan fingerprint density at radius 3 is 0.878 bits per heavy atom. The Morgan fingerprint density at radius 2 is 0.554 bits per heavy atom. The molecule has 0 N–H and O–H groups in total. The molecular formula is C68H118O6. The van der Waals surface area contributed by atoms with E-state index in [1.165, 1.54) is 186 Å². The molecule has 6 heteroatoms. The zero-order valence-corrected chi connectivity index (χ0v) is 48.8. The maximum Gasteiger partial charge on any atom is 0.306 e. The highest BCUT2D eigenvalue weighted by molar-refractivity contribution is 5.71. The highest BCUT2D eigenvalue weighted by atomic mass is 16.6. The maximum atomic E-state index is 12.8. The van der Waals surface area contributed by atoms with Crippen molar-refractivity contribution in [2.75, 3.05) is 13.2 Å². The van der Waals surface area contributed by atoms with Crippen LogP contribution in [-0.2, 0) is 28.6 Å². The standard InChI is InChI=1S/C68H118O6/c1-4-7-10-13-16-19-22-24-25-26-27-28-29-30-31-32-33-34-35-36-37-38-39-40-41-42-43-45-46-49-52-55-58-61-67(70)73-64-65(63-72-66(69)60-57-54-51-48-21-18-15-12-9-6-3)74-68(71)62-59-56-53-50-47-44-23-20-17-14-11-8-5-2/h8,11,17,20,22,24,26-27,29-30,44,47,53,56,65H,4-7,9-10,12-16,18-19,21,23,25,28,31-43,45-46,48-52,54-55,57-64H2,1-3H3/b11-8-,20-17-,24-22-,27-26-,30-29-,47-44-,56-53-. The molecule has 0 aliphatic heterocycles. The van der Waals surface area contributed by atoms with E-state index in [9.17, 15) is 14.4 Å². The van der Waals surface area contributed by atoms with Gasteiger partial charge in [0.15, 0.2) is 6.10 Å². The number of ether oxygens (including phenoxy) is 3. The molecule has 74 heavy (non-hydrogen) atoms. The fourth-order valence-electron chi connectivity index (χ4n) is 8.94. The topological polar surface area (TPSA) is 78.9 Å². The zero-order chi connectivity index (χ0) is 53.6. The number of unbranched alkanes of at least 4 members (excludes halogenated alkanes) is 32. The van der Waals surface area contributed by atoms with Crippen LogP contribution in [0.4, 0.5) is 0 Å². The normalized spacial score (nSPS) is 12.6. The Bertz CT molecular complexity index is 1420. The number of hydrogen-bond donors (Lipinski definition) is 0. The van der Waals surface area contributed by atoms with Crippen molar-refractivity contribution in [1.29, 1.82) is 0 Å². The molecule has 0 amide bonds. The number of esters is 3. The van der Waals surface area contributed by atoms with Crippen molar-refractivity contribution >= 4 is 17.9 Å². The van der Waals surface area contributed by atoms with Crippen molar-refractivity contribution in [3.63, 3.8) is 0 Å². The minimum absolute atomic E-state index is 0.101. The van der Waals surface area contributed by atoms with E-state index in [2.05, 4.69) is 99.8 Å². The average Bonchev–Trinajstić information content (AvgIpc) is 3.40. The molecule has 0 saturated carbocycles. The molecule has 1 unspecified atom stereocenters. The lowest BCUT2D eigenvalue weighted by atomic mass is 10.0. The maximum absolute atomic E-state index is 12.8. The first-order valence-electron chi connectivity index (χ1n) is 31.6. The molecule has 0 heterocycles. The molecule has 0 saturated heterocycles. The first-order valence-corrected chi connectivity index (χ1v) is 31.6. The van der Waals surface area contributed by atoms with Gasteiger partial charge in [-0.25, -0.2) is 0 Å². The van der Waals surface area contributed by atoms with Crippen LogP contribution in [0.1, 0.15) is 310 Å². The summed E-state index contributed by atoms with van der Waals surface area (Å²) < 4.78 is 16.8. The Balaban J connectivity index is 4.08. The van der Waals surface area contributed by atoms with Gasteiger partial charge < -0.3 is 14.2 Å². The molecule has 0 aromatic carbocycles. The largest absolute Gasteiger partial charge is 0.462 e. The number of carbonyl (C=O) groups is 3. The van der Waals surface area contributed by atoms with E-state index in [4.69, 9.17) is 14.2 Å². The van der Waals surface area contributed by atoms with Crippen molar-refractivity contribution in [2.24, 2.45) is 0 Å². The molecule has 0 rings (SSSR count). The summed E-state index contributed by atoms with van der Waals surface area (Å²) in [6.07, 6.45) is 82.1. The zero-order valence-electron chi connectivity index (χ0n) is 48.8. The monoisotopic (exact) mass is 1030 g/mol. The summed E-state index contributed by atoms with van der Waals surface area (Å²) in [5.74, 6) is -0.977. The average molecular weight is 1030 g/mol. The van der Waals surface area contributed by atoms with Crippen molar-refractivity contribution in [3.8, 4) is 0 Å². The second-order valence-corrected chi connectivity index (χ2v) is 20.9. The lowest BCUT2D eigenvalue weighted by molar-refractivity contribution is -0.166.